The number of carboxylic acids is 1. The Balaban J connectivity index is 2.44. The minimum Gasteiger partial charge on any atom is -0.478 e. The third-order valence-electron chi connectivity index (χ3n) is 3.70. The van der Waals surface area contributed by atoms with Gasteiger partial charge in [0.2, 0.25) is 0 Å². The number of hydrogen-bond donors (Lipinski definition) is 2. The Bertz CT molecular complexity index is 511. The molecule has 20 heavy (non-hydrogen) atoms. The van der Waals surface area contributed by atoms with E-state index in [9.17, 15) is 9.90 Å². The number of carbonyl (C=O) groups is 1. The number of rotatable bonds is 5. The highest BCUT2D eigenvalue weighted by Crippen LogP contribution is 2.27. The Morgan fingerprint density at radius 1 is 1.40 bits per heavy atom. The zero-order valence-corrected chi connectivity index (χ0v) is 12.2. The molecule has 1 aromatic heterocycles. The Labute approximate surface area is 118 Å². The molecule has 0 radical (unpaired) electrons. The predicted octanol–water partition coefficient (Wildman–Crippen LogP) is 1.89. The molecule has 1 fully saturated rings. The molecule has 1 aliphatic rings. The summed E-state index contributed by atoms with van der Waals surface area (Å²) in [7, 11) is 0. The van der Waals surface area contributed by atoms with E-state index in [4.69, 9.17) is 4.74 Å². The molecule has 1 unspecified atom stereocenters. The molecule has 0 spiro atoms. The van der Waals surface area contributed by atoms with Gasteiger partial charge in [0.25, 0.3) is 0 Å². The molecule has 1 aromatic rings. The quantitative estimate of drug-likeness (QED) is 0.856. The Morgan fingerprint density at radius 3 is 2.65 bits per heavy atom. The van der Waals surface area contributed by atoms with Crippen molar-refractivity contribution < 1.29 is 14.6 Å². The molecule has 2 heterocycles. The summed E-state index contributed by atoms with van der Waals surface area (Å²) in [6.45, 7) is 7.12. The maximum Gasteiger partial charge on any atom is 0.339 e. The van der Waals surface area contributed by atoms with Crippen LogP contribution in [0.5, 0.6) is 0 Å². The molecular formula is C14H21N3O3. The Kier molecular flexibility index (Phi) is 4.23. The maximum atomic E-state index is 11.6. The van der Waals surface area contributed by atoms with Gasteiger partial charge in [0.15, 0.2) is 5.82 Å². The van der Waals surface area contributed by atoms with Crippen LogP contribution in [0, 0.1) is 0 Å². The van der Waals surface area contributed by atoms with Crippen LogP contribution < -0.4 is 5.32 Å². The molecule has 110 valence electrons. The number of aromatic nitrogens is 2. The number of aromatic carboxylic acids is 1. The molecule has 2 N–H and O–H groups in total. The number of nitrogens with one attached hydrogen (secondary N) is 1. The molecule has 1 aliphatic heterocycles. The van der Waals surface area contributed by atoms with Crippen LogP contribution in [0.2, 0.25) is 0 Å². The van der Waals surface area contributed by atoms with Gasteiger partial charge in [-0.15, -0.1) is 5.10 Å². The molecule has 0 amide bonds. The normalized spacial score (nSPS) is 21.9. The summed E-state index contributed by atoms with van der Waals surface area (Å²) in [5, 5.41) is 21.0. The number of ether oxygens (including phenoxy) is 1. The molecular weight excluding hydrogens is 258 g/mol. The van der Waals surface area contributed by atoms with Crippen molar-refractivity contribution >= 4 is 11.8 Å². The fraction of sp³-hybridized carbons (Fsp3) is 0.643. The average Bonchev–Trinajstić information content (AvgIpc) is 2.84. The van der Waals surface area contributed by atoms with E-state index in [0.717, 1.165) is 17.7 Å². The summed E-state index contributed by atoms with van der Waals surface area (Å²) < 4.78 is 5.38. The number of hydrogen-bond acceptors (Lipinski definition) is 5. The summed E-state index contributed by atoms with van der Waals surface area (Å²) >= 11 is 0. The summed E-state index contributed by atoms with van der Waals surface area (Å²) in [6.07, 6.45) is 2.13. The van der Waals surface area contributed by atoms with E-state index in [0.29, 0.717) is 31.9 Å². The van der Waals surface area contributed by atoms with Crippen LogP contribution in [-0.4, -0.2) is 40.0 Å². The van der Waals surface area contributed by atoms with Crippen molar-refractivity contribution in [1.82, 2.24) is 10.2 Å². The Morgan fingerprint density at radius 2 is 2.15 bits per heavy atom. The molecule has 1 saturated heterocycles. The van der Waals surface area contributed by atoms with Gasteiger partial charge in [-0.2, -0.15) is 5.10 Å². The highest BCUT2D eigenvalue weighted by atomic mass is 16.5. The van der Waals surface area contributed by atoms with Crippen molar-refractivity contribution in [3.8, 4) is 0 Å². The van der Waals surface area contributed by atoms with Gasteiger partial charge in [-0.1, -0.05) is 13.8 Å². The molecule has 6 nitrogen and oxygen atoms in total. The van der Waals surface area contributed by atoms with Gasteiger partial charge in [0.05, 0.1) is 17.8 Å². The molecule has 0 aliphatic carbocycles. The summed E-state index contributed by atoms with van der Waals surface area (Å²) in [5.41, 5.74) is 1.48. The van der Waals surface area contributed by atoms with Gasteiger partial charge in [-0.05, 0) is 31.7 Å². The second-order valence-corrected chi connectivity index (χ2v) is 5.35. The second-order valence-electron chi connectivity index (χ2n) is 5.35. The van der Waals surface area contributed by atoms with Crippen molar-refractivity contribution in [1.29, 1.82) is 0 Å². The fourth-order valence-electron chi connectivity index (χ4n) is 2.54. The minimum absolute atomic E-state index is 0.243. The molecule has 2 rings (SSSR count). The van der Waals surface area contributed by atoms with Crippen LogP contribution in [0.15, 0.2) is 0 Å². The smallest absolute Gasteiger partial charge is 0.339 e. The number of carboxylic acid groups (broad SMARTS) is 1. The van der Waals surface area contributed by atoms with Gasteiger partial charge in [0, 0.05) is 6.61 Å². The van der Waals surface area contributed by atoms with Gasteiger partial charge >= 0.3 is 5.97 Å². The van der Waals surface area contributed by atoms with E-state index in [-0.39, 0.29) is 11.1 Å². The van der Waals surface area contributed by atoms with Gasteiger partial charge in [-0.3, -0.25) is 0 Å². The first-order chi connectivity index (χ1) is 9.50. The van der Waals surface area contributed by atoms with Crippen LogP contribution in [0.1, 0.15) is 48.8 Å². The standard InChI is InChI=1S/C14H21N3O3/c1-4-9-10(5-2)16-17-12(11(9)13(18)19)15-14(3)6-7-20-8-14/h4-8H2,1-3H3,(H,15,17)(H,18,19). The summed E-state index contributed by atoms with van der Waals surface area (Å²) in [6, 6.07) is 0. The average molecular weight is 279 g/mol. The fourth-order valence-corrected chi connectivity index (χ4v) is 2.54. The van der Waals surface area contributed by atoms with Crippen molar-refractivity contribution in [2.75, 3.05) is 18.5 Å². The predicted molar refractivity (Wildman–Crippen MR) is 75.2 cm³/mol. The first kappa shape index (κ1) is 14.7. The lowest BCUT2D eigenvalue weighted by Gasteiger charge is -2.25. The topological polar surface area (TPSA) is 84.3 Å². The monoisotopic (exact) mass is 279 g/mol. The first-order valence-electron chi connectivity index (χ1n) is 6.98. The molecule has 6 heteroatoms. The van der Waals surface area contributed by atoms with E-state index in [1.165, 1.54) is 0 Å². The largest absolute Gasteiger partial charge is 0.478 e. The van der Waals surface area contributed by atoms with E-state index in [2.05, 4.69) is 15.5 Å². The van der Waals surface area contributed by atoms with Crippen molar-refractivity contribution in [2.45, 2.75) is 45.6 Å². The Hall–Kier alpha value is -1.69. The lowest BCUT2D eigenvalue weighted by molar-refractivity contribution is 0.0696. The molecule has 0 aromatic carbocycles. The maximum absolute atomic E-state index is 11.6. The highest BCUT2D eigenvalue weighted by Gasteiger charge is 2.32. The van der Waals surface area contributed by atoms with Gasteiger partial charge in [-0.25, -0.2) is 4.79 Å². The zero-order valence-electron chi connectivity index (χ0n) is 12.2. The number of nitrogens with zero attached hydrogens (tertiary/aromatic N) is 2. The van der Waals surface area contributed by atoms with E-state index >= 15 is 0 Å². The minimum atomic E-state index is -0.962. The van der Waals surface area contributed by atoms with Gasteiger partial charge < -0.3 is 15.2 Å². The second kappa shape index (κ2) is 5.75. The van der Waals surface area contributed by atoms with Crippen LogP contribution in [-0.2, 0) is 17.6 Å². The number of anilines is 1. The van der Waals surface area contributed by atoms with Crippen LogP contribution in [0.4, 0.5) is 5.82 Å². The first-order valence-corrected chi connectivity index (χ1v) is 6.98. The van der Waals surface area contributed by atoms with Gasteiger partial charge in [0.1, 0.15) is 5.56 Å². The van der Waals surface area contributed by atoms with E-state index < -0.39 is 5.97 Å². The van der Waals surface area contributed by atoms with Crippen molar-refractivity contribution in [2.24, 2.45) is 0 Å². The van der Waals surface area contributed by atoms with Crippen molar-refractivity contribution in [3.05, 3.63) is 16.8 Å². The molecule has 0 bridgehead atoms. The lowest BCUT2D eigenvalue weighted by atomic mass is 9.99. The summed E-state index contributed by atoms with van der Waals surface area (Å²) in [4.78, 5) is 11.6. The zero-order chi connectivity index (χ0) is 14.8. The summed E-state index contributed by atoms with van der Waals surface area (Å²) in [5.74, 6) is -0.615. The van der Waals surface area contributed by atoms with Crippen molar-refractivity contribution in [3.63, 3.8) is 0 Å². The van der Waals surface area contributed by atoms with E-state index in [1.54, 1.807) is 0 Å². The molecule has 1 atom stereocenters. The SMILES string of the molecule is CCc1nnc(NC2(C)CCOC2)c(C(=O)O)c1CC. The molecule has 0 saturated carbocycles. The van der Waals surface area contributed by atoms with Crippen LogP contribution >= 0.6 is 0 Å². The van der Waals surface area contributed by atoms with Crippen LogP contribution in [0.25, 0.3) is 0 Å². The third kappa shape index (κ3) is 2.75. The number of aryl methyl sites for hydroxylation is 1. The lowest BCUT2D eigenvalue weighted by Crippen LogP contribution is -2.36. The van der Waals surface area contributed by atoms with E-state index in [1.807, 2.05) is 20.8 Å². The highest BCUT2D eigenvalue weighted by molar-refractivity contribution is 5.95. The third-order valence-corrected chi connectivity index (χ3v) is 3.70. The van der Waals surface area contributed by atoms with Crippen LogP contribution in [0.3, 0.4) is 0 Å².